The van der Waals surface area contributed by atoms with E-state index in [1.165, 1.54) is 5.56 Å². The highest BCUT2D eigenvalue weighted by Gasteiger charge is 2.09. The fraction of sp³-hybridized carbons (Fsp3) is 0.133. The summed E-state index contributed by atoms with van der Waals surface area (Å²) >= 11 is 6.78. The largest absolute Gasteiger partial charge is 0.322 e. The van der Waals surface area contributed by atoms with Gasteiger partial charge < -0.3 is 5.32 Å². The number of carbonyl (C=O) groups excluding carboxylic acids is 1. The fourth-order valence-corrected chi connectivity index (χ4v) is 2.63. The van der Waals surface area contributed by atoms with Crippen molar-refractivity contribution in [2.75, 3.05) is 10.6 Å². The average molecular weight is 383 g/mol. The molecule has 1 N–H and O–H groups in total. The Labute approximate surface area is 129 Å². The Hall–Kier alpha value is -1.13. The van der Waals surface area contributed by atoms with E-state index in [-0.39, 0.29) is 5.91 Å². The topological polar surface area (TPSA) is 29.1 Å². The predicted molar refractivity (Wildman–Crippen MR) is 86.0 cm³/mol. The summed E-state index contributed by atoms with van der Waals surface area (Å²) in [5, 5.41) is 3.83. The van der Waals surface area contributed by atoms with Crippen LogP contribution < -0.4 is 5.32 Å². The number of hydrogen-bond acceptors (Lipinski definition) is 1. The molecule has 0 saturated carbocycles. The zero-order valence-corrected chi connectivity index (χ0v) is 13.4. The molecule has 4 heteroatoms. The van der Waals surface area contributed by atoms with Crippen molar-refractivity contribution in [3.8, 4) is 0 Å². The minimum Gasteiger partial charge on any atom is -0.322 e. The SMILES string of the molecule is O=C(Nc1ccc(CCBr)cc1)c1ccccc1Br. The van der Waals surface area contributed by atoms with Crippen LogP contribution in [0.2, 0.25) is 0 Å². The van der Waals surface area contributed by atoms with Crippen LogP contribution in [0.25, 0.3) is 0 Å². The summed E-state index contributed by atoms with van der Waals surface area (Å²) < 4.78 is 0.795. The molecule has 2 aromatic rings. The summed E-state index contributed by atoms with van der Waals surface area (Å²) in [7, 11) is 0. The van der Waals surface area contributed by atoms with Crippen LogP contribution in [0.3, 0.4) is 0 Å². The lowest BCUT2D eigenvalue weighted by atomic mass is 10.1. The van der Waals surface area contributed by atoms with Crippen molar-refractivity contribution < 1.29 is 4.79 Å². The van der Waals surface area contributed by atoms with Gasteiger partial charge in [0.15, 0.2) is 0 Å². The Bertz CT molecular complexity index is 567. The van der Waals surface area contributed by atoms with E-state index in [1.807, 2.05) is 42.5 Å². The van der Waals surface area contributed by atoms with Crippen LogP contribution >= 0.6 is 31.9 Å². The van der Waals surface area contributed by atoms with Gasteiger partial charge in [0.1, 0.15) is 0 Å². The maximum absolute atomic E-state index is 12.1. The van der Waals surface area contributed by atoms with Crippen LogP contribution in [0.5, 0.6) is 0 Å². The van der Waals surface area contributed by atoms with Crippen LogP contribution in [0, 0.1) is 0 Å². The summed E-state index contributed by atoms with van der Waals surface area (Å²) in [6.07, 6.45) is 0.985. The number of aryl methyl sites for hydroxylation is 1. The zero-order chi connectivity index (χ0) is 13.7. The van der Waals surface area contributed by atoms with E-state index in [9.17, 15) is 4.79 Å². The van der Waals surface area contributed by atoms with Crippen molar-refractivity contribution in [3.63, 3.8) is 0 Å². The molecule has 2 rings (SSSR count). The molecule has 0 aromatic heterocycles. The maximum Gasteiger partial charge on any atom is 0.256 e. The molecule has 0 saturated heterocycles. The first kappa shape index (κ1) is 14.3. The van der Waals surface area contributed by atoms with Gasteiger partial charge in [-0.25, -0.2) is 0 Å². The van der Waals surface area contributed by atoms with E-state index in [0.717, 1.165) is 21.9 Å². The molecule has 0 aliphatic heterocycles. The highest BCUT2D eigenvalue weighted by atomic mass is 79.9. The predicted octanol–water partition coefficient (Wildman–Crippen LogP) is 4.64. The van der Waals surface area contributed by atoms with Crippen LogP contribution in [0.4, 0.5) is 5.69 Å². The van der Waals surface area contributed by atoms with Gasteiger partial charge in [-0.3, -0.25) is 4.79 Å². The smallest absolute Gasteiger partial charge is 0.256 e. The molecule has 2 nitrogen and oxygen atoms in total. The van der Waals surface area contributed by atoms with E-state index in [1.54, 1.807) is 6.07 Å². The third kappa shape index (κ3) is 3.91. The van der Waals surface area contributed by atoms with Gasteiger partial charge in [0, 0.05) is 15.5 Å². The summed E-state index contributed by atoms with van der Waals surface area (Å²) in [6.45, 7) is 0. The highest BCUT2D eigenvalue weighted by Crippen LogP contribution is 2.18. The summed E-state index contributed by atoms with van der Waals surface area (Å²) in [5.74, 6) is -0.110. The van der Waals surface area contributed by atoms with Crippen molar-refractivity contribution in [2.45, 2.75) is 6.42 Å². The van der Waals surface area contributed by atoms with Crippen LogP contribution in [0.15, 0.2) is 53.0 Å². The number of hydrogen-bond donors (Lipinski definition) is 1. The fourth-order valence-electron chi connectivity index (χ4n) is 1.71. The minimum atomic E-state index is -0.110. The molecule has 19 heavy (non-hydrogen) atoms. The Kier molecular flexibility index (Phi) is 5.16. The molecule has 1 amide bonds. The van der Waals surface area contributed by atoms with E-state index >= 15 is 0 Å². The monoisotopic (exact) mass is 381 g/mol. The van der Waals surface area contributed by atoms with Crippen LogP contribution in [-0.4, -0.2) is 11.2 Å². The lowest BCUT2D eigenvalue weighted by molar-refractivity contribution is 0.102. The molecule has 2 aromatic carbocycles. The van der Waals surface area contributed by atoms with Gasteiger partial charge in [0.05, 0.1) is 5.56 Å². The van der Waals surface area contributed by atoms with Gasteiger partial charge in [-0.05, 0) is 52.2 Å². The van der Waals surface area contributed by atoms with Crippen molar-refractivity contribution in [1.29, 1.82) is 0 Å². The number of amides is 1. The van der Waals surface area contributed by atoms with E-state index in [2.05, 4.69) is 37.2 Å². The number of alkyl halides is 1. The normalized spacial score (nSPS) is 10.2. The Morgan fingerprint density at radius 2 is 1.74 bits per heavy atom. The number of anilines is 1. The second-order valence-corrected chi connectivity index (χ2v) is 5.72. The average Bonchev–Trinajstić information content (AvgIpc) is 2.42. The number of halogens is 2. The Balaban J connectivity index is 2.09. The van der Waals surface area contributed by atoms with Gasteiger partial charge in [-0.15, -0.1) is 0 Å². The molecule has 0 bridgehead atoms. The first-order chi connectivity index (χ1) is 9.20. The first-order valence-corrected chi connectivity index (χ1v) is 7.83. The van der Waals surface area contributed by atoms with Crippen LogP contribution in [0.1, 0.15) is 15.9 Å². The first-order valence-electron chi connectivity index (χ1n) is 5.91. The van der Waals surface area contributed by atoms with E-state index in [4.69, 9.17) is 0 Å². The number of benzene rings is 2. The molecule has 0 aliphatic carbocycles. The summed E-state index contributed by atoms with van der Waals surface area (Å²) in [4.78, 5) is 12.1. The minimum absolute atomic E-state index is 0.110. The molecular weight excluding hydrogens is 370 g/mol. The van der Waals surface area contributed by atoms with Gasteiger partial charge >= 0.3 is 0 Å². The zero-order valence-electron chi connectivity index (χ0n) is 10.2. The molecular formula is C15H13Br2NO. The third-order valence-electron chi connectivity index (χ3n) is 2.71. The lowest BCUT2D eigenvalue weighted by Gasteiger charge is -2.07. The molecule has 0 radical (unpaired) electrons. The number of rotatable bonds is 4. The van der Waals surface area contributed by atoms with E-state index < -0.39 is 0 Å². The molecule has 0 heterocycles. The second-order valence-electron chi connectivity index (χ2n) is 4.07. The van der Waals surface area contributed by atoms with Gasteiger partial charge in [0.25, 0.3) is 5.91 Å². The Morgan fingerprint density at radius 1 is 1.05 bits per heavy atom. The molecule has 0 atom stereocenters. The quantitative estimate of drug-likeness (QED) is 0.766. The van der Waals surface area contributed by atoms with Gasteiger partial charge in [0.2, 0.25) is 0 Å². The third-order valence-corrected chi connectivity index (χ3v) is 3.80. The number of carbonyl (C=O) groups is 1. The van der Waals surface area contributed by atoms with Crippen LogP contribution in [-0.2, 0) is 6.42 Å². The molecule has 0 fully saturated rings. The summed E-state index contributed by atoms with van der Waals surface area (Å²) in [5.41, 5.74) is 2.68. The van der Waals surface area contributed by atoms with Crippen molar-refractivity contribution in [2.24, 2.45) is 0 Å². The number of nitrogens with one attached hydrogen (secondary N) is 1. The van der Waals surface area contributed by atoms with Gasteiger partial charge in [-0.2, -0.15) is 0 Å². The van der Waals surface area contributed by atoms with Crippen molar-refractivity contribution in [1.82, 2.24) is 0 Å². The highest BCUT2D eigenvalue weighted by molar-refractivity contribution is 9.10. The maximum atomic E-state index is 12.1. The lowest BCUT2D eigenvalue weighted by Crippen LogP contribution is -2.12. The van der Waals surface area contributed by atoms with Crippen molar-refractivity contribution in [3.05, 3.63) is 64.1 Å². The molecule has 0 aliphatic rings. The second kappa shape index (κ2) is 6.87. The molecule has 98 valence electrons. The molecule has 0 unspecified atom stereocenters. The van der Waals surface area contributed by atoms with E-state index in [0.29, 0.717) is 5.56 Å². The molecule has 0 spiro atoms. The van der Waals surface area contributed by atoms with Crippen molar-refractivity contribution >= 4 is 43.5 Å². The Morgan fingerprint density at radius 3 is 2.37 bits per heavy atom. The summed E-state index contributed by atoms with van der Waals surface area (Å²) in [6, 6.07) is 15.3. The van der Waals surface area contributed by atoms with Gasteiger partial charge in [-0.1, -0.05) is 40.2 Å². The standard InChI is InChI=1S/C15H13Br2NO/c16-10-9-11-5-7-12(8-6-11)18-15(19)13-3-1-2-4-14(13)17/h1-8H,9-10H2,(H,18,19).